The number of aromatic nitrogens is 4. The van der Waals surface area contributed by atoms with E-state index < -0.39 is 0 Å². The number of benzene rings is 2. The second-order valence-corrected chi connectivity index (χ2v) is 7.65. The molecule has 0 aliphatic carbocycles. The van der Waals surface area contributed by atoms with Gasteiger partial charge in [0.25, 0.3) is 0 Å². The first-order valence-electron chi connectivity index (χ1n) is 9.22. The van der Waals surface area contributed by atoms with Crippen LogP contribution in [0.3, 0.4) is 0 Å². The second kappa shape index (κ2) is 7.08. The fourth-order valence-electron chi connectivity index (χ4n) is 3.71. The molecule has 0 radical (unpaired) electrons. The van der Waals surface area contributed by atoms with Gasteiger partial charge in [-0.15, -0.1) is 0 Å². The topological polar surface area (TPSA) is 46.8 Å². The number of anilines is 1. The molecule has 1 fully saturated rings. The van der Waals surface area contributed by atoms with Gasteiger partial charge in [0.2, 0.25) is 0 Å². The number of hydrogen-bond acceptors (Lipinski definition) is 4. The van der Waals surface area contributed by atoms with Crippen molar-refractivity contribution >= 4 is 40.1 Å². The summed E-state index contributed by atoms with van der Waals surface area (Å²) in [5.41, 5.74) is 4.24. The third-order valence-electron chi connectivity index (χ3n) is 5.04. The maximum absolute atomic E-state index is 6.51. The second-order valence-electron chi connectivity index (χ2n) is 6.81. The van der Waals surface area contributed by atoms with Gasteiger partial charge in [-0.3, -0.25) is 0 Å². The predicted octanol–water partition coefficient (Wildman–Crippen LogP) is 5.39. The van der Waals surface area contributed by atoms with Crippen LogP contribution in [0.4, 0.5) is 5.82 Å². The van der Waals surface area contributed by atoms with Crippen molar-refractivity contribution in [1.82, 2.24) is 19.7 Å². The molecule has 5 rings (SSSR count). The first-order valence-corrected chi connectivity index (χ1v) is 9.97. The Bertz CT molecular complexity index is 1150. The molecule has 4 aromatic rings. The minimum Gasteiger partial charge on any atom is -0.355 e. The lowest BCUT2D eigenvalue weighted by atomic mass is 10.1. The lowest BCUT2D eigenvalue weighted by molar-refractivity contribution is 0.892. The molecule has 0 saturated carbocycles. The van der Waals surface area contributed by atoms with E-state index >= 15 is 0 Å². The molecule has 28 heavy (non-hydrogen) atoms. The largest absolute Gasteiger partial charge is 0.355 e. The molecule has 2 aromatic carbocycles. The molecule has 7 heteroatoms. The number of rotatable bonds is 3. The van der Waals surface area contributed by atoms with Gasteiger partial charge in [-0.25, -0.2) is 14.6 Å². The van der Waals surface area contributed by atoms with E-state index in [4.69, 9.17) is 28.3 Å². The van der Waals surface area contributed by atoms with Crippen molar-refractivity contribution in [2.24, 2.45) is 0 Å². The molecule has 5 nitrogen and oxygen atoms in total. The monoisotopic (exact) mass is 409 g/mol. The van der Waals surface area contributed by atoms with E-state index in [9.17, 15) is 0 Å². The van der Waals surface area contributed by atoms with Crippen molar-refractivity contribution in [3.8, 4) is 16.9 Å². The summed E-state index contributed by atoms with van der Waals surface area (Å²) in [6.45, 7) is 1.97. The average molecular weight is 410 g/mol. The summed E-state index contributed by atoms with van der Waals surface area (Å²) in [6, 6.07) is 15.4. The van der Waals surface area contributed by atoms with E-state index in [0.717, 1.165) is 46.9 Å². The van der Waals surface area contributed by atoms with Gasteiger partial charge in [-0.2, -0.15) is 5.10 Å². The lowest BCUT2D eigenvalue weighted by Crippen LogP contribution is -2.19. The number of halogens is 2. The van der Waals surface area contributed by atoms with Crippen LogP contribution in [-0.4, -0.2) is 32.8 Å². The van der Waals surface area contributed by atoms with Crippen molar-refractivity contribution in [3.05, 3.63) is 64.9 Å². The molecule has 3 heterocycles. The zero-order valence-electron chi connectivity index (χ0n) is 15.0. The number of hydrogen-bond donors (Lipinski definition) is 0. The normalized spacial score (nSPS) is 14.1. The molecule has 140 valence electrons. The van der Waals surface area contributed by atoms with E-state index in [1.807, 2.05) is 53.2 Å². The summed E-state index contributed by atoms with van der Waals surface area (Å²) in [5.74, 6) is 0.878. The van der Waals surface area contributed by atoms with Crippen LogP contribution in [0.2, 0.25) is 10.0 Å². The van der Waals surface area contributed by atoms with Crippen LogP contribution in [0.15, 0.2) is 54.9 Å². The highest BCUT2D eigenvalue weighted by Gasteiger charge is 2.24. The molecule has 0 bridgehead atoms. The zero-order chi connectivity index (χ0) is 19.1. The Kier molecular flexibility index (Phi) is 4.41. The number of fused-ring (bicyclic) bond motifs is 1. The maximum Gasteiger partial charge on any atom is 0.160 e. The van der Waals surface area contributed by atoms with Gasteiger partial charge in [-0.05, 0) is 37.1 Å². The Morgan fingerprint density at radius 3 is 2.32 bits per heavy atom. The van der Waals surface area contributed by atoms with Crippen LogP contribution in [0.25, 0.3) is 28.0 Å². The Labute approximate surface area is 172 Å². The predicted molar refractivity (Wildman–Crippen MR) is 114 cm³/mol. The number of para-hydroxylation sites is 1. The highest BCUT2D eigenvalue weighted by Crippen LogP contribution is 2.36. The van der Waals surface area contributed by atoms with Crippen molar-refractivity contribution in [2.45, 2.75) is 12.8 Å². The van der Waals surface area contributed by atoms with Crippen LogP contribution < -0.4 is 4.90 Å². The van der Waals surface area contributed by atoms with Crippen LogP contribution in [0.5, 0.6) is 0 Å². The Morgan fingerprint density at radius 2 is 1.57 bits per heavy atom. The van der Waals surface area contributed by atoms with Crippen molar-refractivity contribution in [2.75, 3.05) is 18.0 Å². The molecule has 0 amide bonds. The highest BCUT2D eigenvalue weighted by molar-refractivity contribution is 6.32. The quantitative estimate of drug-likeness (QED) is 0.454. The minimum absolute atomic E-state index is 0.626. The summed E-state index contributed by atoms with van der Waals surface area (Å²) < 4.78 is 1.87. The molecular formula is C21H17Cl2N5. The average Bonchev–Trinajstić information content (AvgIpc) is 3.37. The van der Waals surface area contributed by atoms with Crippen LogP contribution in [0, 0.1) is 0 Å². The number of nitrogens with zero attached hydrogens (tertiary/aromatic N) is 5. The third kappa shape index (κ3) is 2.91. The maximum atomic E-state index is 6.51. The SMILES string of the molecule is Clc1ccc(-c2c3ncnc(N4CCCC4)c3nn2-c2ccccc2Cl)cc1. The molecule has 0 unspecified atom stereocenters. The first kappa shape index (κ1) is 17.5. The van der Waals surface area contributed by atoms with Gasteiger partial charge in [0, 0.05) is 23.7 Å². The van der Waals surface area contributed by atoms with Gasteiger partial charge in [0.15, 0.2) is 11.3 Å². The fraction of sp³-hybridized carbons (Fsp3) is 0.190. The van der Waals surface area contributed by atoms with Gasteiger partial charge in [0.05, 0.1) is 10.7 Å². The molecule has 1 aliphatic rings. The van der Waals surface area contributed by atoms with Gasteiger partial charge in [-0.1, -0.05) is 47.5 Å². The van der Waals surface area contributed by atoms with E-state index in [0.29, 0.717) is 10.0 Å². The summed E-state index contributed by atoms with van der Waals surface area (Å²) >= 11 is 12.6. The minimum atomic E-state index is 0.626. The summed E-state index contributed by atoms with van der Waals surface area (Å²) in [4.78, 5) is 11.4. The van der Waals surface area contributed by atoms with Gasteiger partial charge >= 0.3 is 0 Å². The lowest BCUT2D eigenvalue weighted by Gasteiger charge is -2.15. The summed E-state index contributed by atoms with van der Waals surface area (Å²) in [7, 11) is 0. The van der Waals surface area contributed by atoms with Crippen LogP contribution >= 0.6 is 23.2 Å². The van der Waals surface area contributed by atoms with Crippen molar-refractivity contribution in [1.29, 1.82) is 0 Å². The molecular weight excluding hydrogens is 393 g/mol. The van der Waals surface area contributed by atoms with Crippen molar-refractivity contribution in [3.63, 3.8) is 0 Å². The summed E-state index contributed by atoms with van der Waals surface area (Å²) in [5, 5.41) is 6.23. The standard InChI is InChI=1S/C21H17Cl2N5/c22-15-9-7-14(8-10-15)20-18-19(21(25-13-24-18)27-11-3-4-12-27)26-28(20)17-6-2-1-5-16(17)23/h1-2,5-10,13H,3-4,11-12H2. The highest BCUT2D eigenvalue weighted by atomic mass is 35.5. The first-order chi connectivity index (χ1) is 13.7. The van der Waals surface area contributed by atoms with Gasteiger partial charge in [0.1, 0.15) is 17.5 Å². The Morgan fingerprint density at radius 1 is 0.821 bits per heavy atom. The fourth-order valence-corrected chi connectivity index (χ4v) is 4.05. The van der Waals surface area contributed by atoms with Crippen LogP contribution in [-0.2, 0) is 0 Å². The van der Waals surface area contributed by atoms with Crippen molar-refractivity contribution < 1.29 is 0 Å². The molecule has 1 saturated heterocycles. The molecule has 0 N–H and O–H groups in total. The summed E-state index contributed by atoms with van der Waals surface area (Å²) in [6.07, 6.45) is 3.95. The Hall–Kier alpha value is -2.63. The van der Waals surface area contributed by atoms with Gasteiger partial charge < -0.3 is 4.90 Å². The third-order valence-corrected chi connectivity index (χ3v) is 5.61. The molecule has 2 aromatic heterocycles. The molecule has 0 spiro atoms. The molecule has 1 aliphatic heterocycles. The Balaban J connectivity index is 1.82. The smallest absolute Gasteiger partial charge is 0.160 e. The van der Waals surface area contributed by atoms with E-state index in [1.54, 1.807) is 6.33 Å². The van der Waals surface area contributed by atoms with Crippen LogP contribution in [0.1, 0.15) is 12.8 Å². The van der Waals surface area contributed by atoms with E-state index in [-0.39, 0.29) is 0 Å². The van der Waals surface area contributed by atoms with E-state index in [2.05, 4.69) is 14.9 Å². The van der Waals surface area contributed by atoms with E-state index in [1.165, 1.54) is 12.8 Å². The zero-order valence-corrected chi connectivity index (χ0v) is 16.5. The molecule has 0 atom stereocenters.